The zero-order chi connectivity index (χ0) is 29.9. The molecule has 0 aliphatic carbocycles. The Morgan fingerprint density at radius 2 is 1.79 bits per heavy atom. The van der Waals surface area contributed by atoms with Crippen molar-refractivity contribution in [2.45, 2.75) is 43.5 Å². The number of hydrogen-bond donors (Lipinski definition) is 2. The number of fused-ring (bicyclic) bond motifs is 1. The maximum Gasteiger partial charge on any atom is 0.261 e. The topological polar surface area (TPSA) is 97.0 Å². The fourth-order valence-electron chi connectivity index (χ4n) is 5.28. The molecule has 0 aromatic heterocycles. The molecule has 42 heavy (non-hydrogen) atoms. The smallest absolute Gasteiger partial charge is 0.261 e. The predicted molar refractivity (Wildman–Crippen MR) is 174 cm³/mol. The standard InChI is InChI=1S/C31H33Br2N3O5S/c1-3-23(36-13-5-4-6-14-36)19-41-30-27(33)16-20(17-29(30)40-2)15-26-25-18-24(11-12-28(25)34-31(26)37)42(38,39)35-22-9-7-21(32)8-10-22/h7-12,15-18,23,35H,3-6,13-14,19H2,1-2H3,(H,34,37). The normalized spacial score (nSPS) is 17.0. The summed E-state index contributed by atoms with van der Waals surface area (Å²) in [5.41, 5.74) is 2.53. The zero-order valence-corrected chi connectivity index (χ0v) is 27.4. The van der Waals surface area contributed by atoms with Crippen molar-refractivity contribution in [3.8, 4) is 11.5 Å². The first-order valence-corrected chi connectivity index (χ1v) is 17.0. The molecule has 2 N–H and O–H groups in total. The summed E-state index contributed by atoms with van der Waals surface area (Å²) in [5.74, 6) is 0.834. The Morgan fingerprint density at radius 1 is 1.05 bits per heavy atom. The highest BCUT2D eigenvalue weighted by molar-refractivity contribution is 9.10. The van der Waals surface area contributed by atoms with Gasteiger partial charge in [0.1, 0.15) is 6.61 Å². The summed E-state index contributed by atoms with van der Waals surface area (Å²) in [6.45, 7) is 4.93. The van der Waals surface area contributed by atoms with Gasteiger partial charge in [-0.25, -0.2) is 8.42 Å². The summed E-state index contributed by atoms with van der Waals surface area (Å²) in [6, 6.07) is 15.4. The molecule has 5 rings (SSSR count). The first-order chi connectivity index (χ1) is 20.2. The Morgan fingerprint density at radius 3 is 2.48 bits per heavy atom. The van der Waals surface area contributed by atoms with Crippen LogP contribution in [0, 0.1) is 0 Å². The van der Waals surface area contributed by atoms with Crippen LogP contribution in [0.5, 0.6) is 11.5 Å². The molecule has 3 aromatic rings. The van der Waals surface area contributed by atoms with E-state index in [0.29, 0.717) is 56.7 Å². The SMILES string of the molecule is CCC(COc1c(Br)cc(C=C2C(=O)Nc3ccc(S(=O)(=O)Nc4ccc(Br)cc4)cc32)cc1OC)N1CCCCC1. The number of hydrogen-bond acceptors (Lipinski definition) is 6. The number of anilines is 2. The molecule has 0 radical (unpaired) electrons. The number of carbonyl (C=O) groups excluding carboxylic acids is 1. The number of carbonyl (C=O) groups is 1. The summed E-state index contributed by atoms with van der Waals surface area (Å²) in [5, 5.41) is 2.83. The zero-order valence-electron chi connectivity index (χ0n) is 23.5. The van der Waals surface area contributed by atoms with E-state index in [4.69, 9.17) is 9.47 Å². The van der Waals surface area contributed by atoms with Gasteiger partial charge in [0.15, 0.2) is 11.5 Å². The lowest BCUT2D eigenvalue weighted by atomic mass is 10.0. The van der Waals surface area contributed by atoms with E-state index in [9.17, 15) is 13.2 Å². The Labute approximate surface area is 263 Å². The second kappa shape index (κ2) is 13.2. The molecule has 3 aromatic carbocycles. The molecule has 2 aliphatic heterocycles. The molecule has 8 nitrogen and oxygen atoms in total. The molecule has 222 valence electrons. The first kappa shape index (κ1) is 30.6. The van der Waals surface area contributed by atoms with E-state index in [-0.39, 0.29) is 10.8 Å². The molecule has 1 unspecified atom stereocenters. The quantitative estimate of drug-likeness (QED) is 0.216. The number of likely N-dealkylation sites (tertiary alicyclic amines) is 1. The molecular formula is C31H33Br2N3O5S. The van der Waals surface area contributed by atoms with Crippen molar-refractivity contribution in [3.05, 3.63) is 74.7 Å². The minimum atomic E-state index is -3.89. The number of sulfonamides is 1. The van der Waals surface area contributed by atoms with Crippen LogP contribution >= 0.6 is 31.9 Å². The molecule has 1 amide bonds. The lowest BCUT2D eigenvalue weighted by molar-refractivity contribution is -0.110. The molecule has 1 saturated heterocycles. The van der Waals surface area contributed by atoms with Gasteiger partial charge in [-0.1, -0.05) is 29.3 Å². The molecule has 1 atom stereocenters. The van der Waals surface area contributed by atoms with Gasteiger partial charge in [-0.3, -0.25) is 14.4 Å². The van der Waals surface area contributed by atoms with Gasteiger partial charge >= 0.3 is 0 Å². The van der Waals surface area contributed by atoms with Crippen molar-refractivity contribution in [1.82, 2.24) is 4.90 Å². The van der Waals surface area contributed by atoms with E-state index in [2.05, 4.69) is 53.7 Å². The molecular weight excluding hydrogens is 686 g/mol. The second-order valence-electron chi connectivity index (χ2n) is 10.3. The Bertz CT molecular complexity index is 1600. The van der Waals surface area contributed by atoms with Crippen molar-refractivity contribution in [2.24, 2.45) is 0 Å². The van der Waals surface area contributed by atoms with E-state index in [0.717, 1.165) is 24.0 Å². The van der Waals surface area contributed by atoms with E-state index in [1.54, 1.807) is 43.5 Å². The van der Waals surface area contributed by atoms with Gasteiger partial charge in [-0.15, -0.1) is 0 Å². The van der Waals surface area contributed by atoms with Crippen LogP contribution in [0.25, 0.3) is 11.6 Å². The highest BCUT2D eigenvalue weighted by Gasteiger charge is 2.27. The fourth-order valence-corrected chi connectivity index (χ4v) is 7.21. The van der Waals surface area contributed by atoms with Crippen molar-refractivity contribution in [3.63, 3.8) is 0 Å². The number of ether oxygens (including phenoxy) is 2. The maximum absolute atomic E-state index is 13.1. The lowest BCUT2D eigenvalue weighted by Crippen LogP contribution is -2.42. The van der Waals surface area contributed by atoms with Crippen LogP contribution in [-0.2, 0) is 14.8 Å². The number of nitrogens with one attached hydrogen (secondary N) is 2. The van der Waals surface area contributed by atoms with Crippen molar-refractivity contribution in [2.75, 3.05) is 36.8 Å². The van der Waals surface area contributed by atoms with Crippen molar-refractivity contribution in [1.29, 1.82) is 0 Å². The highest BCUT2D eigenvalue weighted by atomic mass is 79.9. The maximum atomic E-state index is 13.1. The van der Waals surface area contributed by atoms with Crippen LogP contribution in [0.15, 0.2) is 68.4 Å². The molecule has 0 bridgehead atoms. The monoisotopic (exact) mass is 717 g/mol. The second-order valence-corrected chi connectivity index (χ2v) is 13.8. The first-order valence-electron chi connectivity index (χ1n) is 13.9. The average molecular weight is 719 g/mol. The number of benzene rings is 3. The third-order valence-electron chi connectivity index (χ3n) is 7.54. The summed E-state index contributed by atoms with van der Waals surface area (Å²) < 4.78 is 42.4. The predicted octanol–water partition coefficient (Wildman–Crippen LogP) is 7.16. The summed E-state index contributed by atoms with van der Waals surface area (Å²) in [7, 11) is -2.30. The van der Waals surface area contributed by atoms with Gasteiger partial charge in [0, 0.05) is 33.0 Å². The molecule has 2 heterocycles. The number of methoxy groups -OCH3 is 1. The number of piperidine rings is 1. The molecule has 1 fully saturated rings. The largest absolute Gasteiger partial charge is 0.493 e. The van der Waals surface area contributed by atoms with Gasteiger partial charge < -0.3 is 14.8 Å². The minimum absolute atomic E-state index is 0.0493. The average Bonchev–Trinajstić information content (AvgIpc) is 3.29. The van der Waals surface area contributed by atoms with Crippen molar-refractivity contribution < 1.29 is 22.7 Å². The van der Waals surface area contributed by atoms with Crippen LogP contribution in [-0.4, -0.2) is 52.1 Å². The van der Waals surface area contributed by atoms with Crippen molar-refractivity contribution >= 4 is 70.8 Å². The molecule has 2 aliphatic rings. The molecule has 11 heteroatoms. The Balaban J connectivity index is 1.40. The summed E-state index contributed by atoms with van der Waals surface area (Å²) >= 11 is 6.99. The lowest BCUT2D eigenvalue weighted by Gasteiger charge is -2.34. The van der Waals surface area contributed by atoms with Gasteiger partial charge in [0.25, 0.3) is 15.9 Å². The highest BCUT2D eigenvalue weighted by Crippen LogP contribution is 2.40. The van der Waals surface area contributed by atoms with E-state index >= 15 is 0 Å². The van der Waals surface area contributed by atoms with Gasteiger partial charge in [-0.05, 0) is 115 Å². The number of halogens is 2. The van der Waals surface area contributed by atoms with Crippen LogP contribution in [0.3, 0.4) is 0 Å². The van der Waals surface area contributed by atoms with Gasteiger partial charge in [0.2, 0.25) is 0 Å². The van der Waals surface area contributed by atoms with Crippen LogP contribution < -0.4 is 19.5 Å². The van der Waals surface area contributed by atoms with Crippen LogP contribution in [0.1, 0.15) is 43.7 Å². The summed E-state index contributed by atoms with van der Waals surface area (Å²) in [6.07, 6.45) is 6.44. The fraction of sp³-hybridized carbons (Fsp3) is 0.323. The number of amides is 1. The van der Waals surface area contributed by atoms with E-state index in [1.165, 1.54) is 31.4 Å². The van der Waals surface area contributed by atoms with Gasteiger partial charge in [-0.2, -0.15) is 0 Å². The Kier molecular flexibility index (Phi) is 9.61. The minimum Gasteiger partial charge on any atom is -0.493 e. The third kappa shape index (κ3) is 6.85. The molecule has 0 spiro atoms. The number of nitrogens with zero attached hydrogens (tertiary/aromatic N) is 1. The Hall–Kier alpha value is -2.86. The number of rotatable bonds is 10. The van der Waals surface area contributed by atoms with Crippen LogP contribution in [0.4, 0.5) is 11.4 Å². The van der Waals surface area contributed by atoms with Crippen LogP contribution in [0.2, 0.25) is 0 Å². The molecule has 0 saturated carbocycles. The van der Waals surface area contributed by atoms with E-state index < -0.39 is 10.0 Å². The van der Waals surface area contributed by atoms with E-state index in [1.807, 2.05) is 12.1 Å². The van der Waals surface area contributed by atoms with Gasteiger partial charge in [0.05, 0.1) is 16.5 Å². The third-order valence-corrected chi connectivity index (χ3v) is 10.0. The summed E-state index contributed by atoms with van der Waals surface area (Å²) in [4.78, 5) is 15.5.